The Morgan fingerprint density at radius 3 is 2.75 bits per heavy atom. The molecule has 0 radical (unpaired) electrons. The third-order valence-corrected chi connectivity index (χ3v) is 3.37. The molecule has 88 valence electrons. The van der Waals surface area contributed by atoms with Crippen LogP contribution in [0.15, 0.2) is 16.6 Å². The van der Waals surface area contributed by atoms with Gasteiger partial charge in [0.25, 0.3) is 0 Å². The van der Waals surface area contributed by atoms with Gasteiger partial charge in [0.15, 0.2) is 11.6 Å². The minimum atomic E-state index is -0.428. The van der Waals surface area contributed by atoms with Crippen LogP contribution in [-0.2, 0) is 0 Å². The van der Waals surface area contributed by atoms with Crippen LogP contribution in [0.2, 0.25) is 5.02 Å². The maximum absolute atomic E-state index is 13.5. The summed E-state index contributed by atoms with van der Waals surface area (Å²) in [4.78, 5) is 2.27. The molecule has 1 aromatic rings. The Bertz CT molecular complexity index is 361. The number of hydrogen-bond acceptors (Lipinski definition) is 2. The Morgan fingerprint density at radius 2 is 2.19 bits per heavy atom. The van der Waals surface area contributed by atoms with Gasteiger partial charge in [-0.25, -0.2) is 4.39 Å². The fourth-order valence-electron chi connectivity index (χ4n) is 1.55. The molecule has 1 heterocycles. The second-order valence-corrected chi connectivity index (χ2v) is 5.03. The van der Waals surface area contributed by atoms with E-state index in [1.165, 1.54) is 12.5 Å². The van der Waals surface area contributed by atoms with Crippen LogP contribution in [0.3, 0.4) is 0 Å². The Hall–Kier alpha value is -0.320. The van der Waals surface area contributed by atoms with E-state index in [9.17, 15) is 4.39 Å². The van der Waals surface area contributed by atoms with E-state index in [1.807, 2.05) is 0 Å². The van der Waals surface area contributed by atoms with Gasteiger partial charge in [0, 0.05) is 11.6 Å². The van der Waals surface area contributed by atoms with Gasteiger partial charge in [-0.1, -0.05) is 11.6 Å². The molecule has 0 aromatic heterocycles. The quantitative estimate of drug-likeness (QED) is 0.846. The van der Waals surface area contributed by atoms with Gasteiger partial charge in [-0.3, -0.25) is 4.90 Å². The highest BCUT2D eigenvalue weighted by Gasteiger charge is 2.14. The van der Waals surface area contributed by atoms with E-state index >= 15 is 0 Å². The smallest absolute Gasteiger partial charge is 0.169 e. The van der Waals surface area contributed by atoms with Crippen molar-refractivity contribution in [2.45, 2.75) is 6.42 Å². The number of ether oxygens (including phenoxy) is 1. The lowest BCUT2D eigenvalue weighted by atomic mass is 10.2. The number of benzene rings is 1. The van der Waals surface area contributed by atoms with E-state index in [1.54, 1.807) is 6.07 Å². The molecular weight excluding hydrogens is 296 g/mol. The first-order chi connectivity index (χ1) is 7.66. The summed E-state index contributed by atoms with van der Waals surface area (Å²) < 4.78 is 19.4. The summed E-state index contributed by atoms with van der Waals surface area (Å²) in [6.07, 6.45) is 1.25. The topological polar surface area (TPSA) is 12.5 Å². The lowest BCUT2D eigenvalue weighted by Crippen LogP contribution is -2.39. The van der Waals surface area contributed by atoms with Crippen LogP contribution >= 0.6 is 27.5 Å². The van der Waals surface area contributed by atoms with Crippen molar-refractivity contribution in [3.63, 3.8) is 0 Å². The SMILES string of the molecule is Fc1cc(Cl)cc(Br)c1OCCN1CCC1. The van der Waals surface area contributed by atoms with Gasteiger partial charge >= 0.3 is 0 Å². The molecule has 1 aliphatic heterocycles. The first kappa shape index (κ1) is 12.1. The van der Waals surface area contributed by atoms with Crippen molar-refractivity contribution in [3.8, 4) is 5.75 Å². The molecule has 0 N–H and O–H groups in total. The molecule has 0 saturated carbocycles. The fourth-order valence-corrected chi connectivity index (χ4v) is 2.44. The van der Waals surface area contributed by atoms with Gasteiger partial charge in [-0.05, 0) is 47.6 Å². The summed E-state index contributed by atoms with van der Waals surface area (Å²) in [5.41, 5.74) is 0. The Morgan fingerprint density at radius 1 is 1.44 bits per heavy atom. The zero-order valence-corrected chi connectivity index (χ0v) is 11.0. The molecule has 1 fully saturated rings. The number of nitrogens with zero attached hydrogens (tertiary/aromatic N) is 1. The maximum atomic E-state index is 13.5. The zero-order valence-electron chi connectivity index (χ0n) is 8.68. The van der Waals surface area contributed by atoms with Gasteiger partial charge < -0.3 is 4.74 Å². The average Bonchev–Trinajstić information content (AvgIpc) is 2.12. The average molecular weight is 309 g/mol. The third-order valence-electron chi connectivity index (χ3n) is 2.57. The van der Waals surface area contributed by atoms with Crippen molar-refractivity contribution in [2.75, 3.05) is 26.2 Å². The Kier molecular flexibility index (Phi) is 4.05. The van der Waals surface area contributed by atoms with Crippen LogP contribution < -0.4 is 4.74 Å². The Balaban J connectivity index is 1.92. The highest BCUT2D eigenvalue weighted by Crippen LogP contribution is 2.31. The third kappa shape index (κ3) is 2.87. The predicted octanol–water partition coefficient (Wildman–Crippen LogP) is 3.33. The normalized spacial score (nSPS) is 15.9. The number of hydrogen-bond donors (Lipinski definition) is 0. The molecule has 16 heavy (non-hydrogen) atoms. The van der Waals surface area contributed by atoms with Crippen LogP contribution in [0.5, 0.6) is 5.75 Å². The van der Waals surface area contributed by atoms with Crippen molar-refractivity contribution in [3.05, 3.63) is 27.4 Å². The maximum Gasteiger partial charge on any atom is 0.169 e. The van der Waals surface area contributed by atoms with Crippen LogP contribution in [0, 0.1) is 5.82 Å². The molecule has 2 nitrogen and oxygen atoms in total. The van der Waals surface area contributed by atoms with E-state index < -0.39 is 5.82 Å². The highest BCUT2D eigenvalue weighted by atomic mass is 79.9. The van der Waals surface area contributed by atoms with E-state index in [-0.39, 0.29) is 5.75 Å². The summed E-state index contributed by atoms with van der Waals surface area (Å²) in [5.74, 6) is -0.187. The first-order valence-corrected chi connectivity index (χ1v) is 6.33. The molecule has 0 amide bonds. The Labute approximate surface area is 107 Å². The van der Waals surface area contributed by atoms with Gasteiger partial charge in [0.1, 0.15) is 6.61 Å². The van der Waals surface area contributed by atoms with Crippen LogP contribution in [0.4, 0.5) is 4.39 Å². The van der Waals surface area contributed by atoms with Gasteiger partial charge in [0.05, 0.1) is 4.47 Å². The second-order valence-electron chi connectivity index (χ2n) is 3.74. The molecular formula is C11H12BrClFNO. The number of likely N-dealkylation sites (tertiary alicyclic amines) is 1. The molecule has 2 rings (SSSR count). The highest BCUT2D eigenvalue weighted by molar-refractivity contribution is 9.10. The molecule has 0 atom stereocenters. The monoisotopic (exact) mass is 307 g/mol. The van der Waals surface area contributed by atoms with Crippen molar-refractivity contribution in [1.29, 1.82) is 0 Å². The summed E-state index contributed by atoms with van der Waals surface area (Å²) in [6.45, 7) is 3.58. The van der Waals surface area contributed by atoms with E-state index in [4.69, 9.17) is 16.3 Å². The standard InChI is InChI=1S/C11H12BrClFNO/c12-9-6-8(13)7-10(14)11(9)16-5-4-15-2-1-3-15/h6-7H,1-5H2. The molecule has 0 bridgehead atoms. The second kappa shape index (κ2) is 5.34. The predicted molar refractivity (Wildman–Crippen MR) is 65.7 cm³/mol. The van der Waals surface area contributed by atoms with Crippen molar-refractivity contribution in [1.82, 2.24) is 4.90 Å². The van der Waals surface area contributed by atoms with Gasteiger partial charge in [-0.2, -0.15) is 0 Å². The van der Waals surface area contributed by atoms with E-state index in [2.05, 4.69) is 20.8 Å². The molecule has 0 unspecified atom stereocenters. The number of halogens is 3. The van der Waals surface area contributed by atoms with Crippen LogP contribution in [0.1, 0.15) is 6.42 Å². The molecule has 0 spiro atoms. The summed E-state index contributed by atoms with van der Waals surface area (Å²) in [6, 6.07) is 2.88. The van der Waals surface area contributed by atoms with Crippen LogP contribution in [-0.4, -0.2) is 31.1 Å². The summed E-state index contributed by atoms with van der Waals surface area (Å²) >= 11 is 8.94. The fraction of sp³-hybridized carbons (Fsp3) is 0.455. The molecule has 1 aromatic carbocycles. The molecule has 0 aliphatic carbocycles. The van der Waals surface area contributed by atoms with Crippen molar-refractivity contribution < 1.29 is 9.13 Å². The lowest BCUT2D eigenvalue weighted by molar-refractivity contribution is 0.145. The van der Waals surface area contributed by atoms with Crippen molar-refractivity contribution >= 4 is 27.5 Å². The van der Waals surface area contributed by atoms with Crippen molar-refractivity contribution in [2.24, 2.45) is 0 Å². The largest absolute Gasteiger partial charge is 0.488 e. The number of rotatable bonds is 4. The lowest BCUT2D eigenvalue weighted by Gasteiger charge is -2.30. The molecule has 1 aliphatic rings. The zero-order chi connectivity index (χ0) is 11.5. The van der Waals surface area contributed by atoms with Gasteiger partial charge in [-0.15, -0.1) is 0 Å². The minimum absolute atomic E-state index is 0.241. The molecule has 1 saturated heterocycles. The van der Waals surface area contributed by atoms with E-state index in [0.717, 1.165) is 19.6 Å². The minimum Gasteiger partial charge on any atom is -0.488 e. The summed E-state index contributed by atoms with van der Waals surface area (Å²) in [7, 11) is 0. The van der Waals surface area contributed by atoms with E-state index in [0.29, 0.717) is 16.1 Å². The van der Waals surface area contributed by atoms with Crippen LogP contribution in [0.25, 0.3) is 0 Å². The summed E-state index contributed by atoms with van der Waals surface area (Å²) in [5, 5.41) is 0.361. The first-order valence-electron chi connectivity index (χ1n) is 5.16. The molecule has 5 heteroatoms. The van der Waals surface area contributed by atoms with Gasteiger partial charge in [0.2, 0.25) is 0 Å².